The predicted molar refractivity (Wildman–Crippen MR) is 77.1 cm³/mol. The fourth-order valence-corrected chi connectivity index (χ4v) is 2.69. The summed E-state index contributed by atoms with van der Waals surface area (Å²) < 4.78 is 0. The normalized spacial score (nSPS) is 24.5. The zero-order chi connectivity index (χ0) is 16.7. The standard InChI is InChI=1S/C15H15N3O5/c19-10(14(6-7-14)12(21)22)16-8-15(9-4-2-1-3-5-9)11(20)17-13(23)18-15/h1-5H,6-8H2,(H,16,19)(H,21,22)(H2,17,18,20,23). The zero-order valence-corrected chi connectivity index (χ0v) is 12.1. The number of hydrogen-bond donors (Lipinski definition) is 4. The first kappa shape index (κ1) is 15.0. The lowest BCUT2D eigenvalue weighted by Gasteiger charge is -2.27. The van der Waals surface area contributed by atoms with Crippen molar-refractivity contribution in [1.29, 1.82) is 0 Å². The molecule has 2 fully saturated rings. The molecule has 0 aromatic heterocycles. The molecule has 3 rings (SSSR count). The summed E-state index contributed by atoms with van der Waals surface area (Å²) in [6.45, 7) is -0.220. The summed E-state index contributed by atoms with van der Waals surface area (Å²) in [6.07, 6.45) is 0.538. The Kier molecular flexibility index (Phi) is 3.32. The average Bonchev–Trinajstić information content (AvgIpc) is 3.28. The van der Waals surface area contributed by atoms with Crippen LogP contribution in [0.5, 0.6) is 0 Å². The predicted octanol–water partition coefficient (Wildman–Crippen LogP) is -0.298. The summed E-state index contributed by atoms with van der Waals surface area (Å²) in [5.41, 5.74) is -2.34. The second kappa shape index (κ2) is 5.08. The van der Waals surface area contributed by atoms with E-state index in [1.54, 1.807) is 30.3 Å². The van der Waals surface area contributed by atoms with Gasteiger partial charge in [0, 0.05) is 0 Å². The molecular formula is C15H15N3O5. The van der Waals surface area contributed by atoms with Crippen LogP contribution in [0.3, 0.4) is 0 Å². The quantitative estimate of drug-likeness (QED) is 0.438. The van der Waals surface area contributed by atoms with Crippen LogP contribution in [0.4, 0.5) is 4.79 Å². The summed E-state index contributed by atoms with van der Waals surface area (Å²) in [5, 5.41) is 16.3. The van der Waals surface area contributed by atoms with Crippen molar-refractivity contribution in [3.8, 4) is 0 Å². The van der Waals surface area contributed by atoms with Crippen molar-refractivity contribution in [2.24, 2.45) is 5.41 Å². The lowest BCUT2D eigenvalue weighted by molar-refractivity contribution is -0.149. The Morgan fingerprint density at radius 2 is 1.83 bits per heavy atom. The number of rotatable bonds is 5. The van der Waals surface area contributed by atoms with Gasteiger partial charge in [-0.05, 0) is 18.4 Å². The minimum atomic E-state index is -1.44. The molecule has 1 aliphatic carbocycles. The molecule has 1 saturated heterocycles. The van der Waals surface area contributed by atoms with E-state index in [4.69, 9.17) is 5.11 Å². The van der Waals surface area contributed by atoms with E-state index in [1.165, 1.54) is 0 Å². The summed E-state index contributed by atoms with van der Waals surface area (Å²) in [4.78, 5) is 47.1. The number of carboxylic acids is 1. The van der Waals surface area contributed by atoms with Crippen LogP contribution in [0.1, 0.15) is 18.4 Å². The van der Waals surface area contributed by atoms with Gasteiger partial charge >= 0.3 is 12.0 Å². The van der Waals surface area contributed by atoms with E-state index in [2.05, 4.69) is 16.0 Å². The highest BCUT2D eigenvalue weighted by molar-refractivity contribution is 6.08. The number of carbonyl (C=O) groups is 4. The van der Waals surface area contributed by atoms with Gasteiger partial charge in [0.1, 0.15) is 5.41 Å². The van der Waals surface area contributed by atoms with E-state index >= 15 is 0 Å². The maximum absolute atomic E-state index is 12.3. The van der Waals surface area contributed by atoms with Crippen molar-refractivity contribution in [2.75, 3.05) is 6.54 Å². The maximum Gasteiger partial charge on any atom is 0.322 e. The van der Waals surface area contributed by atoms with Crippen LogP contribution in [0.15, 0.2) is 30.3 Å². The first-order valence-electron chi connectivity index (χ1n) is 7.12. The van der Waals surface area contributed by atoms with E-state index < -0.39 is 34.8 Å². The molecular weight excluding hydrogens is 302 g/mol. The van der Waals surface area contributed by atoms with Crippen molar-refractivity contribution < 1.29 is 24.3 Å². The van der Waals surface area contributed by atoms with E-state index in [-0.39, 0.29) is 19.4 Å². The number of hydrogen-bond acceptors (Lipinski definition) is 4. The Labute approximate surface area is 131 Å². The number of imide groups is 1. The van der Waals surface area contributed by atoms with E-state index in [0.717, 1.165) is 0 Å². The van der Waals surface area contributed by atoms with Crippen LogP contribution < -0.4 is 16.0 Å². The number of aliphatic carboxylic acids is 1. The molecule has 0 spiro atoms. The lowest BCUT2D eigenvalue weighted by atomic mass is 9.89. The molecule has 1 aliphatic heterocycles. The number of carboxylic acid groups (broad SMARTS) is 1. The van der Waals surface area contributed by atoms with E-state index in [0.29, 0.717) is 5.56 Å². The molecule has 4 N–H and O–H groups in total. The van der Waals surface area contributed by atoms with Crippen LogP contribution in [-0.2, 0) is 19.9 Å². The molecule has 4 amide bonds. The smallest absolute Gasteiger partial charge is 0.322 e. The first-order chi connectivity index (χ1) is 10.9. The fourth-order valence-electron chi connectivity index (χ4n) is 2.69. The molecule has 0 radical (unpaired) electrons. The van der Waals surface area contributed by atoms with Crippen LogP contribution in [0, 0.1) is 5.41 Å². The van der Waals surface area contributed by atoms with E-state index in [1.807, 2.05) is 0 Å². The van der Waals surface area contributed by atoms with Crippen LogP contribution in [-0.4, -0.2) is 35.5 Å². The summed E-state index contributed by atoms with van der Waals surface area (Å²) in [5.74, 6) is -2.41. The van der Waals surface area contributed by atoms with Crippen LogP contribution in [0.2, 0.25) is 0 Å². The molecule has 23 heavy (non-hydrogen) atoms. The minimum Gasteiger partial charge on any atom is -0.480 e. The minimum absolute atomic E-state index is 0.220. The highest BCUT2D eigenvalue weighted by Gasteiger charge is 2.58. The van der Waals surface area contributed by atoms with Gasteiger partial charge in [-0.25, -0.2) is 4.79 Å². The Bertz CT molecular complexity index is 698. The second-order valence-corrected chi connectivity index (χ2v) is 5.75. The van der Waals surface area contributed by atoms with Gasteiger partial charge in [-0.15, -0.1) is 0 Å². The average molecular weight is 317 g/mol. The molecule has 1 unspecified atom stereocenters. The van der Waals surface area contributed by atoms with Crippen molar-refractivity contribution in [3.05, 3.63) is 35.9 Å². The maximum atomic E-state index is 12.3. The van der Waals surface area contributed by atoms with Gasteiger partial charge in [-0.3, -0.25) is 19.7 Å². The Hall–Kier alpha value is -2.90. The molecule has 0 bridgehead atoms. The van der Waals surface area contributed by atoms with Gasteiger partial charge in [0.25, 0.3) is 5.91 Å². The zero-order valence-electron chi connectivity index (χ0n) is 12.1. The number of urea groups is 1. The van der Waals surface area contributed by atoms with Gasteiger partial charge in [-0.2, -0.15) is 0 Å². The molecule has 1 saturated carbocycles. The van der Waals surface area contributed by atoms with Crippen LogP contribution >= 0.6 is 0 Å². The molecule has 120 valence electrons. The first-order valence-corrected chi connectivity index (χ1v) is 7.12. The molecule has 1 aromatic rings. The topological polar surface area (TPSA) is 125 Å². The third-order valence-electron chi connectivity index (χ3n) is 4.32. The third kappa shape index (κ3) is 2.32. The molecule has 2 aliphatic rings. The molecule has 1 atom stereocenters. The molecule has 8 nitrogen and oxygen atoms in total. The largest absolute Gasteiger partial charge is 0.480 e. The third-order valence-corrected chi connectivity index (χ3v) is 4.32. The van der Waals surface area contributed by atoms with Crippen molar-refractivity contribution in [2.45, 2.75) is 18.4 Å². The van der Waals surface area contributed by atoms with Crippen molar-refractivity contribution >= 4 is 23.8 Å². The van der Waals surface area contributed by atoms with Gasteiger partial charge in [0.15, 0.2) is 5.54 Å². The second-order valence-electron chi connectivity index (χ2n) is 5.75. The summed E-state index contributed by atoms with van der Waals surface area (Å²) in [6, 6.07) is 7.82. The number of benzene rings is 1. The number of nitrogens with one attached hydrogen (secondary N) is 3. The monoisotopic (exact) mass is 317 g/mol. The van der Waals surface area contributed by atoms with Crippen molar-refractivity contribution in [1.82, 2.24) is 16.0 Å². The van der Waals surface area contributed by atoms with Gasteiger partial charge < -0.3 is 15.7 Å². The fraction of sp³-hybridized carbons (Fsp3) is 0.333. The highest BCUT2D eigenvalue weighted by atomic mass is 16.4. The van der Waals surface area contributed by atoms with Gasteiger partial charge in [0.2, 0.25) is 5.91 Å². The Balaban J connectivity index is 1.84. The lowest BCUT2D eigenvalue weighted by Crippen LogP contribution is -2.54. The van der Waals surface area contributed by atoms with Gasteiger partial charge in [0.05, 0.1) is 6.54 Å². The molecule has 1 aromatic carbocycles. The Morgan fingerprint density at radius 1 is 1.17 bits per heavy atom. The van der Waals surface area contributed by atoms with E-state index in [9.17, 15) is 19.2 Å². The summed E-state index contributed by atoms with van der Waals surface area (Å²) in [7, 11) is 0. The summed E-state index contributed by atoms with van der Waals surface area (Å²) >= 11 is 0. The SMILES string of the molecule is O=C1NC(=O)C(CNC(=O)C2(C(=O)O)CC2)(c2ccccc2)N1. The number of amides is 4. The Morgan fingerprint density at radius 3 is 2.30 bits per heavy atom. The van der Waals surface area contributed by atoms with Gasteiger partial charge in [-0.1, -0.05) is 30.3 Å². The molecule has 8 heteroatoms. The molecule has 1 heterocycles. The van der Waals surface area contributed by atoms with Crippen molar-refractivity contribution in [3.63, 3.8) is 0 Å². The highest BCUT2D eigenvalue weighted by Crippen LogP contribution is 2.46. The number of carbonyl (C=O) groups excluding carboxylic acids is 3. The van der Waals surface area contributed by atoms with Crippen LogP contribution in [0.25, 0.3) is 0 Å².